The molecule has 0 fully saturated rings. The standard InChI is InChI=1S/C12H12N2.C4H8O/c13-12-5-3-10(4-6-12)1-2-11-7-8-14-9-11;1-2-3-4-5/h1-9,14H,13H2;4H,2-3H2,1H3/p+1/b2-1+;. The van der Waals surface area contributed by atoms with Crippen LogP contribution in [0.15, 0.2) is 54.4 Å². The Labute approximate surface area is 114 Å². The van der Waals surface area contributed by atoms with Crippen molar-refractivity contribution in [2.75, 3.05) is 5.73 Å². The second-order valence-electron chi connectivity index (χ2n) is 4.17. The maximum absolute atomic E-state index is 9.40. The Morgan fingerprint density at radius 2 is 1.95 bits per heavy atom. The van der Waals surface area contributed by atoms with Gasteiger partial charge in [-0.1, -0.05) is 25.1 Å². The van der Waals surface area contributed by atoms with Crippen molar-refractivity contribution in [2.24, 2.45) is 0 Å². The zero-order valence-corrected chi connectivity index (χ0v) is 11.3. The normalized spacial score (nSPS) is 13.0. The highest BCUT2D eigenvalue weighted by atomic mass is 16.1. The van der Waals surface area contributed by atoms with Gasteiger partial charge in [-0.2, -0.15) is 0 Å². The minimum absolute atomic E-state index is 0.708. The highest BCUT2D eigenvalue weighted by molar-refractivity contribution is 5.57. The van der Waals surface area contributed by atoms with E-state index in [1.54, 1.807) is 0 Å². The summed E-state index contributed by atoms with van der Waals surface area (Å²) in [4.78, 5) is 9.40. The van der Waals surface area contributed by atoms with Crippen molar-refractivity contribution in [2.45, 2.75) is 19.8 Å². The first-order valence-corrected chi connectivity index (χ1v) is 6.45. The molecule has 1 heterocycles. The van der Waals surface area contributed by atoms with Gasteiger partial charge in [0, 0.05) is 23.8 Å². The Morgan fingerprint density at radius 1 is 1.21 bits per heavy atom. The fourth-order valence-electron chi connectivity index (χ4n) is 1.42. The lowest BCUT2D eigenvalue weighted by atomic mass is 10.1. The molecule has 0 unspecified atom stereocenters. The van der Waals surface area contributed by atoms with Gasteiger partial charge < -0.3 is 10.5 Å². The van der Waals surface area contributed by atoms with Crippen molar-refractivity contribution >= 4 is 18.0 Å². The lowest BCUT2D eigenvalue weighted by Crippen LogP contribution is -2.69. The van der Waals surface area contributed by atoms with Gasteiger partial charge in [0.05, 0.1) is 6.20 Å². The number of allylic oxidation sites excluding steroid dienone is 3. The third-order valence-corrected chi connectivity index (χ3v) is 2.50. The number of benzene rings is 1. The molecule has 1 aliphatic rings. The molecule has 19 heavy (non-hydrogen) atoms. The first-order chi connectivity index (χ1) is 9.26. The van der Waals surface area contributed by atoms with Gasteiger partial charge in [0.15, 0.2) is 0 Å². The molecule has 1 aromatic rings. The fraction of sp³-hybridized carbons (Fsp3) is 0.188. The number of hydrogen-bond donors (Lipinski definition) is 2. The van der Waals surface area contributed by atoms with Crippen LogP contribution in [0.4, 0.5) is 5.69 Å². The number of nitrogen functional groups attached to an aromatic ring is 1. The van der Waals surface area contributed by atoms with Gasteiger partial charge in [-0.15, -0.1) is 0 Å². The molecule has 1 aromatic carbocycles. The summed E-state index contributed by atoms with van der Waals surface area (Å²) in [5.41, 5.74) is 8.79. The van der Waals surface area contributed by atoms with Gasteiger partial charge in [-0.3, -0.25) is 5.32 Å². The Bertz CT molecular complexity index is 470. The molecular formula is C16H21N2O+. The molecule has 1 aliphatic heterocycles. The lowest BCUT2D eigenvalue weighted by Gasteiger charge is -1.93. The minimum Gasteiger partial charge on any atom is -0.399 e. The molecule has 0 atom stereocenters. The van der Waals surface area contributed by atoms with E-state index in [9.17, 15) is 4.79 Å². The van der Waals surface area contributed by atoms with Crippen molar-refractivity contribution in [3.05, 3.63) is 60.0 Å². The highest BCUT2D eigenvalue weighted by Gasteiger charge is 1.95. The van der Waals surface area contributed by atoms with Crippen LogP contribution in [0.3, 0.4) is 0 Å². The Kier molecular flexibility index (Phi) is 6.98. The number of hydrogen-bond acceptors (Lipinski definition) is 2. The Morgan fingerprint density at radius 3 is 2.42 bits per heavy atom. The zero-order valence-electron chi connectivity index (χ0n) is 11.3. The summed E-state index contributed by atoms with van der Waals surface area (Å²) in [6, 6.07) is 7.83. The molecule has 0 radical (unpaired) electrons. The van der Waals surface area contributed by atoms with Crippen LogP contribution < -0.4 is 11.1 Å². The van der Waals surface area contributed by atoms with Crippen molar-refractivity contribution in [1.82, 2.24) is 0 Å². The maximum atomic E-state index is 9.40. The quantitative estimate of drug-likeness (QED) is 0.642. The van der Waals surface area contributed by atoms with Crippen LogP contribution >= 0.6 is 0 Å². The first kappa shape index (κ1) is 14.9. The average molecular weight is 257 g/mol. The summed E-state index contributed by atoms with van der Waals surface area (Å²) in [7, 11) is 0. The number of carbonyl (C=O) groups excluding carboxylic acids is 1. The molecule has 0 amide bonds. The molecule has 0 saturated heterocycles. The molecule has 0 aliphatic carbocycles. The SMILES string of the molecule is CCCC=O.Nc1ccc(/C=C/C2=C[NH2+]C=C2)cc1. The molecule has 3 heteroatoms. The minimum atomic E-state index is 0.708. The zero-order chi connectivity index (χ0) is 13.9. The summed E-state index contributed by atoms with van der Waals surface area (Å²) in [5.74, 6) is 0. The second-order valence-corrected chi connectivity index (χ2v) is 4.17. The number of rotatable bonds is 4. The summed E-state index contributed by atoms with van der Waals surface area (Å²) >= 11 is 0. The topological polar surface area (TPSA) is 59.7 Å². The molecule has 0 bridgehead atoms. The van der Waals surface area contributed by atoms with Crippen LogP contribution in [0.5, 0.6) is 0 Å². The van der Waals surface area contributed by atoms with E-state index >= 15 is 0 Å². The number of nitrogens with two attached hydrogens (primary N) is 2. The third kappa shape index (κ3) is 6.38. The van der Waals surface area contributed by atoms with Gasteiger partial charge in [-0.05, 0) is 30.2 Å². The van der Waals surface area contributed by atoms with Crippen molar-refractivity contribution in [1.29, 1.82) is 0 Å². The van der Waals surface area contributed by atoms with Gasteiger partial charge >= 0.3 is 0 Å². The predicted octanol–water partition coefficient (Wildman–Crippen LogP) is 2.24. The molecule has 0 saturated carbocycles. The summed E-state index contributed by atoms with van der Waals surface area (Å²) in [5, 5.41) is 2.03. The Hall–Kier alpha value is -2.13. The first-order valence-electron chi connectivity index (χ1n) is 6.45. The summed E-state index contributed by atoms with van der Waals surface area (Å²) in [6.45, 7) is 1.98. The van der Waals surface area contributed by atoms with Gasteiger partial charge in [-0.25, -0.2) is 0 Å². The van der Waals surface area contributed by atoms with Crippen LogP contribution in [-0.4, -0.2) is 6.29 Å². The monoisotopic (exact) mass is 257 g/mol. The number of aldehydes is 1. The largest absolute Gasteiger partial charge is 0.399 e. The van der Waals surface area contributed by atoms with Crippen molar-refractivity contribution in [3.63, 3.8) is 0 Å². The number of anilines is 1. The molecule has 3 nitrogen and oxygen atoms in total. The van der Waals surface area contributed by atoms with Crippen LogP contribution in [0.2, 0.25) is 0 Å². The van der Waals surface area contributed by atoms with Gasteiger partial charge in [0.25, 0.3) is 0 Å². The lowest BCUT2D eigenvalue weighted by molar-refractivity contribution is -0.510. The number of quaternary nitrogens is 1. The molecule has 0 aromatic heterocycles. The molecule has 2 rings (SSSR count). The maximum Gasteiger partial charge on any atom is 0.119 e. The van der Waals surface area contributed by atoms with Crippen LogP contribution in [-0.2, 0) is 4.79 Å². The van der Waals surface area contributed by atoms with Crippen LogP contribution in [0, 0.1) is 0 Å². The molecule has 0 spiro atoms. The summed E-state index contributed by atoms with van der Waals surface area (Å²) in [6.07, 6.45) is 13.0. The van der Waals surface area contributed by atoms with E-state index < -0.39 is 0 Å². The van der Waals surface area contributed by atoms with Gasteiger partial charge in [0.2, 0.25) is 0 Å². The third-order valence-electron chi connectivity index (χ3n) is 2.50. The number of unbranched alkanes of at least 4 members (excludes halogenated alkanes) is 1. The highest BCUT2D eigenvalue weighted by Crippen LogP contribution is 2.09. The molecule has 100 valence electrons. The fourth-order valence-corrected chi connectivity index (χ4v) is 1.42. The Balaban J connectivity index is 0.000000312. The van der Waals surface area contributed by atoms with Crippen LogP contribution in [0.1, 0.15) is 25.3 Å². The van der Waals surface area contributed by atoms with Crippen LogP contribution in [0.25, 0.3) is 6.08 Å². The smallest absolute Gasteiger partial charge is 0.119 e. The van der Waals surface area contributed by atoms with E-state index in [-0.39, 0.29) is 0 Å². The van der Waals surface area contributed by atoms with Gasteiger partial charge in [0.1, 0.15) is 12.5 Å². The average Bonchev–Trinajstić information content (AvgIpc) is 2.93. The van der Waals surface area contributed by atoms with E-state index in [4.69, 9.17) is 5.73 Å². The van der Waals surface area contributed by atoms with E-state index in [0.717, 1.165) is 18.4 Å². The van der Waals surface area contributed by atoms with E-state index in [2.05, 4.69) is 24.4 Å². The van der Waals surface area contributed by atoms with E-state index in [1.165, 1.54) is 11.1 Å². The summed E-state index contributed by atoms with van der Waals surface area (Å²) < 4.78 is 0. The molecular weight excluding hydrogens is 236 g/mol. The molecule has 4 N–H and O–H groups in total. The van der Waals surface area contributed by atoms with E-state index in [1.807, 2.05) is 42.7 Å². The predicted molar refractivity (Wildman–Crippen MR) is 80.0 cm³/mol. The number of carbonyl (C=O) groups is 1. The van der Waals surface area contributed by atoms with E-state index in [0.29, 0.717) is 6.42 Å². The van der Waals surface area contributed by atoms with Crippen molar-refractivity contribution < 1.29 is 10.1 Å². The second kappa shape index (κ2) is 8.89. The van der Waals surface area contributed by atoms with Crippen molar-refractivity contribution in [3.8, 4) is 0 Å².